The van der Waals surface area contributed by atoms with Gasteiger partial charge in [0.1, 0.15) is 4.75 Å². The molecule has 0 aliphatic carbocycles. The van der Waals surface area contributed by atoms with Crippen LogP contribution in [0.15, 0.2) is 36.4 Å². The molecule has 136 valence electrons. The summed E-state index contributed by atoms with van der Waals surface area (Å²) >= 11 is 1.79. The number of carbonyl (C=O) groups excluding carboxylic acids is 1. The molecule has 0 aliphatic heterocycles. The van der Waals surface area contributed by atoms with Gasteiger partial charge >= 0.3 is 0 Å². The topological polar surface area (TPSA) is 51.2 Å². The summed E-state index contributed by atoms with van der Waals surface area (Å²) in [5, 5.41) is 0. The number of ketones is 1. The highest BCUT2D eigenvalue weighted by Crippen LogP contribution is 2.28. The Morgan fingerprint density at radius 2 is 1.72 bits per heavy atom. The number of sulfone groups is 1. The summed E-state index contributed by atoms with van der Waals surface area (Å²) < 4.78 is 22.6. The second-order valence-corrected chi connectivity index (χ2v) is 10.6. The van der Waals surface area contributed by atoms with E-state index < -0.39 is 14.6 Å². The van der Waals surface area contributed by atoms with E-state index >= 15 is 0 Å². The van der Waals surface area contributed by atoms with Crippen molar-refractivity contribution in [2.24, 2.45) is 0 Å². The van der Waals surface area contributed by atoms with Crippen molar-refractivity contribution < 1.29 is 13.2 Å². The third kappa shape index (κ3) is 4.79. The molecule has 0 saturated heterocycles. The van der Waals surface area contributed by atoms with Crippen LogP contribution in [0.1, 0.15) is 43.6 Å². The predicted molar refractivity (Wildman–Crippen MR) is 106 cm³/mol. The van der Waals surface area contributed by atoms with E-state index in [1.807, 2.05) is 0 Å². The normalized spacial score (nSPS) is 14.2. The first-order valence-corrected chi connectivity index (χ1v) is 11.2. The van der Waals surface area contributed by atoms with Crippen LogP contribution in [0.5, 0.6) is 0 Å². The molecule has 25 heavy (non-hydrogen) atoms. The predicted octanol–water partition coefficient (Wildman–Crippen LogP) is 4.83. The highest BCUT2D eigenvalue weighted by Gasteiger charge is 2.39. The number of benzene rings is 1. The molecule has 1 aromatic carbocycles. The molecule has 2 rings (SSSR count). The average molecular weight is 379 g/mol. The molecule has 0 saturated carbocycles. The molecule has 1 atom stereocenters. The molecule has 1 heterocycles. The van der Waals surface area contributed by atoms with Gasteiger partial charge in [0.2, 0.25) is 0 Å². The molecule has 0 amide bonds. The molecule has 0 fully saturated rings. The Labute approximate surface area is 155 Å². The van der Waals surface area contributed by atoms with Crippen LogP contribution in [0.4, 0.5) is 0 Å². The first kappa shape index (κ1) is 19.9. The molecule has 0 bridgehead atoms. The van der Waals surface area contributed by atoms with Crippen molar-refractivity contribution >= 4 is 27.0 Å². The van der Waals surface area contributed by atoms with Crippen molar-refractivity contribution in [3.8, 4) is 10.4 Å². The van der Waals surface area contributed by atoms with E-state index in [9.17, 15) is 13.2 Å². The summed E-state index contributed by atoms with van der Waals surface area (Å²) in [5.74, 6) is -0.273. The fourth-order valence-electron chi connectivity index (χ4n) is 2.84. The van der Waals surface area contributed by atoms with Crippen LogP contribution in [0.2, 0.25) is 0 Å². The van der Waals surface area contributed by atoms with Gasteiger partial charge in [0.25, 0.3) is 0 Å². The van der Waals surface area contributed by atoms with Gasteiger partial charge in [-0.05, 0) is 63.3 Å². The second kappa shape index (κ2) is 7.83. The summed E-state index contributed by atoms with van der Waals surface area (Å²) in [4.78, 5) is 14.3. The van der Waals surface area contributed by atoms with E-state index in [4.69, 9.17) is 0 Å². The van der Waals surface area contributed by atoms with E-state index in [2.05, 4.69) is 43.3 Å². The Bertz CT molecular complexity index is 832. The highest BCUT2D eigenvalue weighted by atomic mass is 32.2. The summed E-state index contributed by atoms with van der Waals surface area (Å²) in [5.41, 5.74) is 2.46. The fraction of sp³-hybridized carbons (Fsp3) is 0.450. The van der Waals surface area contributed by atoms with Gasteiger partial charge in [-0.2, -0.15) is 0 Å². The zero-order valence-electron chi connectivity index (χ0n) is 15.3. The lowest BCUT2D eigenvalue weighted by Crippen LogP contribution is -2.41. The van der Waals surface area contributed by atoms with Gasteiger partial charge in [-0.3, -0.25) is 4.79 Å². The number of aryl methyl sites for hydroxylation is 2. The van der Waals surface area contributed by atoms with Crippen LogP contribution >= 0.6 is 11.3 Å². The summed E-state index contributed by atoms with van der Waals surface area (Å²) in [6, 6.07) is 12.8. The largest absolute Gasteiger partial charge is 0.298 e. The van der Waals surface area contributed by atoms with Crippen molar-refractivity contribution in [1.82, 2.24) is 0 Å². The minimum atomic E-state index is -3.39. The van der Waals surface area contributed by atoms with Crippen LogP contribution in [0.3, 0.4) is 0 Å². The lowest BCUT2D eigenvalue weighted by molar-refractivity contribution is -0.119. The van der Waals surface area contributed by atoms with Gasteiger partial charge < -0.3 is 0 Å². The van der Waals surface area contributed by atoms with Crippen molar-refractivity contribution in [2.45, 2.75) is 51.2 Å². The average Bonchev–Trinajstić information content (AvgIpc) is 2.97. The van der Waals surface area contributed by atoms with E-state index in [0.717, 1.165) is 25.5 Å². The lowest BCUT2D eigenvalue weighted by atomic mass is 9.97. The third-order valence-electron chi connectivity index (χ3n) is 4.91. The van der Waals surface area contributed by atoms with E-state index in [1.54, 1.807) is 18.3 Å². The Balaban J connectivity index is 1.91. The Morgan fingerprint density at radius 1 is 1.08 bits per heavy atom. The Hall–Kier alpha value is -1.46. The Kier molecular flexibility index (Phi) is 6.22. The number of hydrogen-bond donors (Lipinski definition) is 0. The molecule has 0 N–H and O–H groups in total. The third-order valence-corrected chi connectivity index (χ3v) is 8.09. The van der Waals surface area contributed by atoms with Crippen LogP contribution < -0.4 is 0 Å². The summed E-state index contributed by atoms with van der Waals surface area (Å²) in [6.45, 7) is 5.02. The lowest BCUT2D eigenvalue weighted by Gasteiger charge is -2.24. The van der Waals surface area contributed by atoms with Crippen LogP contribution in [-0.4, -0.2) is 25.2 Å². The van der Waals surface area contributed by atoms with Gasteiger partial charge in [-0.15, -0.1) is 11.3 Å². The zero-order chi connectivity index (χ0) is 18.7. The molecule has 0 aliphatic rings. The second-order valence-electron chi connectivity index (χ2n) is 6.87. The quantitative estimate of drug-likeness (QED) is 0.618. The first-order valence-electron chi connectivity index (χ1n) is 8.50. The molecule has 3 nitrogen and oxygen atoms in total. The number of carbonyl (C=O) groups is 1. The zero-order valence-corrected chi connectivity index (χ0v) is 17.0. The molecule has 5 heteroatoms. The molecular weight excluding hydrogens is 352 g/mol. The molecule has 1 aromatic heterocycles. The Morgan fingerprint density at radius 3 is 2.20 bits per heavy atom. The SMILES string of the molecule is CC(=O)C(C)(CCCCc1ccc(-c2ccc(C)s2)cc1)S(C)(=O)=O. The highest BCUT2D eigenvalue weighted by molar-refractivity contribution is 7.92. The smallest absolute Gasteiger partial charge is 0.159 e. The van der Waals surface area contributed by atoms with E-state index in [1.165, 1.54) is 27.8 Å². The van der Waals surface area contributed by atoms with Gasteiger partial charge in [-0.25, -0.2) is 8.42 Å². The summed E-state index contributed by atoms with van der Waals surface area (Å²) in [7, 11) is -3.39. The fourth-order valence-corrected chi connectivity index (χ4v) is 4.75. The maximum atomic E-state index is 11.9. The molecule has 1 unspecified atom stereocenters. The van der Waals surface area contributed by atoms with Crippen LogP contribution in [-0.2, 0) is 21.1 Å². The van der Waals surface area contributed by atoms with Crippen molar-refractivity contribution in [1.29, 1.82) is 0 Å². The molecular formula is C20H26O3S2. The minimum absolute atomic E-state index is 0.273. The van der Waals surface area contributed by atoms with Gasteiger partial charge in [0.05, 0.1) is 0 Å². The number of hydrogen-bond acceptors (Lipinski definition) is 4. The summed E-state index contributed by atoms with van der Waals surface area (Å²) in [6.07, 6.45) is 4.01. The number of thiophene rings is 1. The van der Waals surface area contributed by atoms with Crippen molar-refractivity contribution in [2.75, 3.05) is 6.26 Å². The minimum Gasteiger partial charge on any atom is -0.298 e. The van der Waals surface area contributed by atoms with Gasteiger partial charge in [0, 0.05) is 16.0 Å². The first-order chi connectivity index (χ1) is 11.6. The van der Waals surface area contributed by atoms with E-state index in [0.29, 0.717) is 6.42 Å². The standard InChI is InChI=1S/C20H26O3S2/c1-15-8-13-19(24-15)18-11-9-17(10-12-18)7-5-6-14-20(3,16(2)21)25(4,22)23/h8-13H,5-7,14H2,1-4H3. The van der Waals surface area contributed by atoms with Gasteiger partial charge in [-0.1, -0.05) is 30.7 Å². The molecule has 2 aromatic rings. The van der Waals surface area contributed by atoms with Crippen LogP contribution in [0, 0.1) is 6.92 Å². The number of rotatable bonds is 8. The maximum Gasteiger partial charge on any atom is 0.159 e. The number of unbranched alkanes of at least 4 members (excludes halogenated alkanes) is 1. The monoisotopic (exact) mass is 378 g/mol. The van der Waals surface area contributed by atoms with Crippen LogP contribution in [0.25, 0.3) is 10.4 Å². The molecule has 0 spiro atoms. The van der Waals surface area contributed by atoms with E-state index in [-0.39, 0.29) is 5.78 Å². The van der Waals surface area contributed by atoms with Crippen molar-refractivity contribution in [3.63, 3.8) is 0 Å². The number of Topliss-reactive ketones (excluding diaryl/α,β-unsaturated/α-hetero) is 1. The molecule has 0 radical (unpaired) electrons. The van der Waals surface area contributed by atoms with Gasteiger partial charge in [0.15, 0.2) is 15.6 Å². The maximum absolute atomic E-state index is 11.9. The van der Waals surface area contributed by atoms with Crippen molar-refractivity contribution in [3.05, 3.63) is 46.8 Å².